The molecule has 0 atom stereocenters. The lowest BCUT2D eigenvalue weighted by atomic mass is 10.1. The van der Waals surface area contributed by atoms with E-state index in [1.54, 1.807) is 42.5 Å². The zero-order chi connectivity index (χ0) is 20.0. The normalized spacial score (nSPS) is 10.2. The lowest BCUT2D eigenvalue weighted by Crippen LogP contribution is -2.37. The molecule has 0 aliphatic heterocycles. The first kappa shape index (κ1) is 20.7. The van der Waals surface area contributed by atoms with Gasteiger partial charge in [0.15, 0.2) is 12.4 Å². The second-order valence-electron chi connectivity index (χ2n) is 5.76. The highest BCUT2D eigenvalue weighted by molar-refractivity contribution is 6.39. The summed E-state index contributed by atoms with van der Waals surface area (Å²) in [7, 11) is 1.48. The maximum Gasteiger partial charge on any atom is 0.260 e. The largest absolute Gasteiger partial charge is 0.484 e. The van der Waals surface area contributed by atoms with Gasteiger partial charge in [-0.25, -0.2) is 0 Å². The number of para-hydroxylation sites is 1. The first-order valence-corrected chi connectivity index (χ1v) is 8.75. The van der Waals surface area contributed by atoms with Crippen molar-refractivity contribution < 1.29 is 19.1 Å². The molecule has 0 aliphatic rings. The number of benzene rings is 2. The number of halogens is 2. The molecule has 0 spiro atoms. The van der Waals surface area contributed by atoms with Gasteiger partial charge in [0.2, 0.25) is 5.91 Å². The molecule has 0 heterocycles. The Hall–Kier alpha value is -2.57. The number of carbonyl (C=O) groups is 3. The van der Waals surface area contributed by atoms with E-state index in [4.69, 9.17) is 27.9 Å². The number of ketones is 1. The number of amides is 2. The molecule has 8 heteroatoms. The van der Waals surface area contributed by atoms with Gasteiger partial charge in [-0.1, -0.05) is 29.3 Å². The molecule has 142 valence electrons. The molecule has 2 aromatic carbocycles. The van der Waals surface area contributed by atoms with Gasteiger partial charge in [0.25, 0.3) is 5.91 Å². The van der Waals surface area contributed by atoms with Gasteiger partial charge in [-0.3, -0.25) is 14.4 Å². The van der Waals surface area contributed by atoms with Crippen molar-refractivity contribution in [1.82, 2.24) is 4.90 Å². The number of nitrogens with one attached hydrogen (secondary N) is 1. The van der Waals surface area contributed by atoms with E-state index in [2.05, 4.69) is 5.32 Å². The Morgan fingerprint density at radius 2 is 1.63 bits per heavy atom. The molecule has 0 bridgehead atoms. The molecule has 0 fully saturated rings. The second-order valence-corrected chi connectivity index (χ2v) is 6.58. The number of likely N-dealkylation sites (N-methyl/N-ethyl adjacent to an activating group) is 1. The number of carbonyl (C=O) groups excluding carboxylic acids is 3. The average molecular weight is 409 g/mol. The quantitative estimate of drug-likeness (QED) is 0.708. The van der Waals surface area contributed by atoms with E-state index < -0.39 is 5.91 Å². The standard InChI is InChI=1S/C19H18Cl2N2O4/c1-12(24)13-6-8-14(9-7-13)27-11-18(26)23(2)10-17(25)22-19-15(20)4-3-5-16(19)21/h3-9H,10-11H2,1-2H3,(H,22,25). The number of anilines is 1. The fourth-order valence-electron chi connectivity index (χ4n) is 2.14. The van der Waals surface area contributed by atoms with Gasteiger partial charge in [0, 0.05) is 12.6 Å². The predicted octanol–water partition coefficient (Wildman–Crippen LogP) is 3.67. The van der Waals surface area contributed by atoms with E-state index in [1.807, 2.05) is 0 Å². The Morgan fingerprint density at radius 3 is 2.19 bits per heavy atom. The molecule has 2 rings (SSSR count). The molecule has 2 aromatic rings. The Kier molecular flexibility index (Phi) is 7.21. The molecule has 0 saturated carbocycles. The SMILES string of the molecule is CC(=O)c1ccc(OCC(=O)N(C)CC(=O)Nc2c(Cl)cccc2Cl)cc1. The third-order valence-corrected chi connectivity index (χ3v) is 4.29. The zero-order valence-corrected chi connectivity index (χ0v) is 16.3. The molecule has 0 radical (unpaired) electrons. The highest BCUT2D eigenvalue weighted by Crippen LogP contribution is 2.29. The first-order valence-electron chi connectivity index (χ1n) is 7.99. The number of hydrogen-bond acceptors (Lipinski definition) is 4. The Labute approximate surface area is 167 Å². The van der Waals surface area contributed by atoms with Gasteiger partial charge in [-0.15, -0.1) is 0 Å². The van der Waals surface area contributed by atoms with E-state index >= 15 is 0 Å². The van der Waals surface area contributed by atoms with Crippen LogP contribution in [0, 0.1) is 0 Å². The van der Waals surface area contributed by atoms with Gasteiger partial charge in [0.05, 0.1) is 22.3 Å². The van der Waals surface area contributed by atoms with Crippen LogP contribution in [0.5, 0.6) is 5.75 Å². The number of Topliss-reactive ketones (excluding diaryl/α,β-unsaturated/α-hetero) is 1. The third-order valence-electron chi connectivity index (χ3n) is 3.66. The smallest absolute Gasteiger partial charge is 0.260 e. The van der Waals surface area contributed by atoms with E-state index in [1.165, 1.54) is 18.9 Å². The first-order chi connectivity index (χ1) is 12.8. The third kappa shape index (κ3) is 5.98. The van der Waals surface area contributed by atoms with Crippen LogP contribution in [0.3, 0.4) is 0 Å². The van der Waals surface area contributed by atoms with E-state index in [-0.39, 0.29) is 24.8 Å². The topological polar surface area (TPSA) is 75.7 Å². The fourth-order valence-corrected chi connectivity index (χ4v) is 2.63. The minimum atomic E-state index is -0.438. The summed E-state index contributed by atoms with van der Waals surface area (Å²) in [5.74, 6) is -0.422. The van der Waals surface area contributed by atoms with Crippen LogP contribution in [0.25, 0.3) is 0 Å². The summed E-state index contributed by atoms with van der Waals surface area (Å²) in [6, 6.07) is 11.3. The lowest BCUT2D eigenvalue weighted by molar-refractivity contribution is -0.135. The van der Waals surface area contributed by atoms with E-state index in [0.29, 0.717) is 27.0 Å². The molecular weight excluding hydrogens is 391 g/mol. The highest BCUT2D eigenvalue weighted by Gasteiger charge is 2.16. The maximum atomic E-state index is 12.1. The van der Waals surface area contributed by atoms with Gasteiger partial charge in [-0.2, -0.15) is 0 Å². The zero-order valence-electron chi connectivity index (χ0n) is 14.8. The van der Waals surface area contributed by atoms with Gasteiger partial charge >= 0.3 is 0 Å². The molecular formula is C19H18Cl2N2O4. The molecule has 0 aliphatic carbocycles. The monoisotopic (exact) mass is 408 g/mol. The van der Waals surface area contributed by atoms with Crippen molar-refractivity contribution in [2.75, 3.05) is 25.5 Å². The van der Waals surface area contributed by atoms with Crippen LogP contribution in [0.1, 0.15) is 17.3 Å². The van der Waals surface area contributed by atoms with Crippen molar-refractivity contribution in [1.29, 1.82) is 0 Å². The summed E-state index contributed by atoms with van der Waals surface area (Å²) in [6.45, 7) is 1.04. The number of rotatable bonds is 7. The summed E-state index contributed by atoms with van der Waals surface area (Å²) in [6.07, 6.45) is 0. The Balaban J connectivity index is 1.86. The van der Waals surface area contributed by atoms with Crippen LogP contribution in [0.2, 0.25) is 10.0 Å². The van der Waals surface area contributed by atoms with Crippen molar-refractivity contribution in [3.05, 3.63) is 58.1 Å². The van der Waals surface area contributed by atoms with Crippen LogP contribution >= 0.6 is 23.2 Å². The maximum absolute atomic E-state index is 12.1. The van der Waals surface area contributed by atoms with Crippen LogP contribution in [0.15, 0.2) is 42.5 Å². The Morgan fingerprint density at radius 1 is 1.04 bits per heavy atom. The predicted molar refractivity (Wildman–Crippen MR) is 105 cm³/mol. The fraction of sp³-hybridized carbons (Fsp3) is 0.211. The van der Waals surface area contributed by atoms with Crippen molar-refractivity contribution >= 4 is 46.5 Å². The van der Waals surface area contributed by atoms with Crippen molar-refractivity contribution in [3.8, 4) is 5.75 Å². The molecule has 0 aromatic heterocycles. The lowest BCUT2D eigenvalue weighted by Gasteiger charge is -2.18. The minimum absolute atomic E-state index is 0.0537. The van der Waals surface area contributed by atoms with Gasteiger partial charge in [0.1, 0.15) is 5.75 Å². The summed E-state index contributed by atoms with van der Waals surface area (Å²) < 4.78 is 5.39. The summed E-state index contributed by atoms with van der Waals surface area (Å²) in [5, 5.41) is 3.20. The summed E-state index contributed by atoms with van der Waals surface area (Å²) in [4.78, 5) is 36.7. The summed E-state index contributed by atoms with van der Waals surface area (Å²) >= 11 is 12.0. The van der Waals surface area contributed by atoms with Crippen LogP contribution < -0.4 is 10.1 Å². The van der Waals surface area contributed by atoms with Crippen molar-refractivity contribution in [3.63, 3.8) is 0 Å². The molecule has 6 nitrogen and oxygen atoms in total. The Bertz CT molecular complexity index is 833. The number of hydrogen-bond donors (Lipinski definition) is 1. The van der Waals surface area contributed by atoms with Crippen molar-refractivity contribution in [2.24, 2.45) is 0 Å². The van der Waals surface area contributed by atoms with Gasteiger partial charge < -0.3 is 15.0 Å². The molecule has 27 heavy (non-hydrogen) atoms. The molecule has 1 N–H and O–H groups in total. The van der Waals surface area contributed by atoms with Crippen LogP contribution in [-0.2, 0) is 9.59 Å². The molecule has 0 unspecified atom stereocenters. The van der Waals surface area contributed by atoms with Gasteiger partial charge in [-0.05, 0) is 43.3 Å². The van der Waals surface area contributed by atoms with E-state index in [9.17, 15) is 14.4 Å². The molecule has 2 amide bonds. The second kappa shape index (κ2) is 9.39. The van der Waals surface area contributed by atoms with Crippen LogP contribution in [0.4, 0.5) is 5.69 Å². The summed E-state index contributed by atoms with van der Waals surface area (Å²) in [5.41, 5.74) is 0.856. The number of nitrogens with zero attached hydrogens (tertiary/aromatic N) is 1. The highest BCUT2D eigenvalue weighted by atomic mass is 35.5. The number of ether oxygens (including phenoxy) is 1. The van der Waals surface area contributed by atoms with Crippen LogP contribution in [-0.4, -0.2) is 42.7 Å². The van der Waals surface area contributed by atoms with Crippen molar-refractivity contribution in [2.45, 2.75) is 6.92 Å². The minimum Gasteiger partial charge on any atom is -0.484 e. The molecule has 0 saturated heterocycles. The average Bonchev–Trinajstić information content (AvgIpc) is 2.63. The van der Waals surface area contributed by atoms with E-state index in [0.717, 1.165) is 0 Å².